The SMILES string of the molecule is CCN1CCN(C(=O)CC(=O)N2CCN(C=O)CC2)CC1. The Morgan fingerprint density at radius 1 is 0.857 bits per heavy atom. The van der Waals surface area contributed by atoms with Crippen LogP contribution in [0.3, 0.4) is 0 Å². The van der Waals surface area contributed by atoms with Gasteiger partial charge < -0.3 is 19.6 Å². The molecule has 21 heavy (non-hydrogen) atoms. The summed E-state index contributed by atoms with van der Waals surface area (Å²) in [6.07, 6.45) is 0.757. The third-order valence-electron chi connectivity index (χ3n) is 4.29. The van der Waals surface area contributed by atoms with Gasteiger partial charge in [-0.2, -0.15) is 0 Å². The molecule has 0 aliphatic carbocycles. The minimum Gasteiger partial charge on any atom is -0.342 e. The van der Waals surface area contributed by atoms with Gasteiger partial charge in [0, 0.05) is 52.4 Å². The molecular weight excluding hydrogens is 272 g/mol. The van der Waals surface area contributed by atoms with Crippen LogP contribution in [0.4, 0.5) is 0 Å². The summed E-state index contributed by atoms with van der Waals surface area (Å²) >= 11 is 0. The Morgan fingerprint density at radius 2 is 1.33 bits per heavy atom. The number of likely N-dealkylation sites (N-methyl/N-ethyl adjacent to an activating group) is 1. The first-order valence-electron chi connectivity index (χ1n) is 7.61. The lowest BCUT2D eigenvalue weighted by Gasteiger charge is -2.35. The van der Waals surface area contributed by atoms with Gasteiger partial charge in [-0.05, 0) is 6.54 Å². The van der Waals surface area contributed by atoms with Crippen molar-refractivity contribution in [3.8, 4) is 0 Å². The Balaban J connectivity index is 1.75. The van der Waals surface area contributed by atoms with Gasteiger partial charge in [0.05, 0.1) is 0 Å². The fraction of sp³-hybridized carbons (Fsp3) is 0.786. The van der Waals surface area contributed by atoms with Crippen LogP contribution < -0.4 is 0 Å². The third-order valence-corrected chi connectivity index (χ3v) is 4.29. The average Bonchev–Trinajstić information content (AvgIpc) is 2.55. The maximum atomic E-state index is 12.2. The van der Waals surface area contributed by atoms with E-state index in [4.69, 9.17) is 0 Å². The fourth-order valence-corrected chi connectivity index (χ4v) is 2.74. The highest BCUT2D eigenvalue weighted by molar-refractivity contribution is 5.97. The maximum absolute atomic E-state index is 12.2. The van der Waals surface area contributed by atoms with Crippen molar-refractivity contribution in [3.05, 3.63) is 0 Å². The van der Waals surface area contributed by atoms with Crippen molar-refractivity contribution in [2.75, 3.05) is 58.9 Å². The number of amides is 3. The van der Waals surface area contributed by atoms with E-state index >= 15 is 0 Å². The molecule has 2 aliphatic rings. The minimum absolute atomic E-state index is 0.0484. The molecule has 2 fully saturated rings. The molecule has 0 bridgehead atoms. The predicted molar refractivity (Wildman–Crippen MR) is 77.5 cm³/mol. The van der Waals surface area contributed by atoms with Crippen LogP contribution in [0.2, 0.25) is 0 Å². The lowest BCUT2D eigenvalue weighted by molar-refractivity contribution is -0.143. The molecule has 118 valence electrons. The molecule has 2 aliphatic heterocycles. The quantitative estimate of drug-likeness (QED) is 0.485. The molecule has 0 saturated carbocycles. The Hall–Kier alpha value is -1.63. The summed E-state index contributed by atoms with van der Waals surface area (Å²) in [5.41, 5.74) is 0. The first kappa shape index (κ1) is 15.8. The van der Waals surface area contributed by atoms with Crippen LogP contribution in [0.5, 0.6) is 0 Å². The second kappa shape index (κ2) is 7.40. The molecule has 3 amide bonds. The lowest BCUT2D eigenvalue weighted by Crippen LogP contribution is -2.51. The number of nitrogens with zero attached hydrogens (tertiary/aromatic N) is 4. The molecule has 0 atom stereocenters. The van der Waals surface area contributed by atoms with Crippen molar-refractivity contribution in [1.29, 1.82) is 0 Å². The van der Waals surface area contributed by atoms with E-state index in [0.29, 0.717) is 39.3 Å². The zero-order chi connectivity index (χ0) is 15.2. The van der Waals surface area contributed by atoms with Crippen LogP contribution in [0.25, 0.3) is 0 Å². The smallest absolute Gasteiger partial charge is 0.232 e. The molecule has 0 radical (unpaired) electrons. The van der Waals surface area contributed by atoms with Gasteiger partial charge in [-0.15, -0.1) is 0 Å². The van der Waals surface area contributed by atoms with Crippen molar-refractivity contribution in [2.45, 2.75) is 13.3 Å². The van der Waals surface area contributed by atoms with E-state index in [-0.39, 0.29) is 18.2 Å². The van der Waals surface area contributed by atoms with E-state index in [0.717, 1.165) is 26.0 Å². The molecule has 7 heteroatoms. The van der Waals surface area contributed by atoms with Crippen LogP contribution in [-0.2, 0) is 14.4 Å². The van der Waals surface area contributed by atoms with Crippen LogP contribution in [0.15, 0.2) is 0 Å². The third kappa shape index (κ3) is 4.17. The van der Waals surface area contributed by atoms with Crippen molar-refractivity contribution >= 4 is 18.2 Å². The summed E-state index contributed by atoms with van der Waals surface area (Å²) in [5, 5.41) is 0. The number of carbonyl (C=O) groups is 3. The Morgan fingerprint density at radius 3 is 1.76 bits per heavy atom. The predicted octanol–water partition coefficient (Wildman–Crippen LogP) is -1.16. The van der Waals surface area contributed by atoms with Crippen LogP contribution in [0, 0.1) is 0 Å². The fourth-order valence-electron chi connectivity index (χ4n) is 2.74. The molecule has 0 aromatic heterocycles. The van der Waals surface area contributed by atoms with Crippen molar-refractivity contribution < 1.29 is 14.4 Å². The highest BCUT2D eigenvalue weighted by Gasteiger charge is 2.26. The normalized spacial score (nSPS) is 20.5. The van der Waals surface area contributed by atoms with Crippen LogP contribution in [-0.4, -0.2) is 96.7 Å². The van der Waals surface area contributed by atoms with E-state index in [9.17, 15) is 14.4 Å². The number of hydrogen-bond donors (Lipinski definition) is 0. The van der Waals surface area contributed by atoms with Gasteiger partial charge in [-0.25, -0.2) is 0 Å². The van der Waals surface area contributed by atoms with Gasteiger partial charge in [-0.3, -0.25) is 14.4 Å². The number of rotatable bonds is 4. The Labute approximate surface area is 125 Å². The van der Waals surface area contributed by atoms with Crippen LogP contribution in [0.1, 0.15) is 13.3 Å². The number of carbonyl (C=O) groups excluding carboxylic acids is 3. The summed E-state index contributed by atoms with van der Waals surface area (Å²) < 4.78 is 0. The lowest BCUT2D eigenvalue weighted by atomic mass is 10.2. The number of piperazine rings is 2. The molecule has 0 aromatic rings. The highest BCUT2D eigenvalue weighted by atomic mass is 16.2. The summed E-state index contributed by atoms with van der Waals surface area (Å²) in [4.78, 5) is 42.3. The van der Waals surface area contributed by atoms with Gasteiger partial charge in [-0.1, -0.05) is 6.92 Å². The molecule has 0 aromatic carbocycles. The van der Waals surface area contributed by atoms with E-state index in [1.807, 2.05) is 0 Å². The first-order valence-corrected chi connectivity index (χ1v) is 7.61. The van der Waals surface area contributed by atoms with E-state index < -0.39 is 0 Å². The minimum atomic E-state index is -0.122. The molecule has 0 unspecified atom stereocenters. The van der Waals surface area contributed by atoms with Crippen molar-refractivity contribution in [3.63, 3.8) is 0 Å². The van der Waals surface area contributed by atoms with E-state index in [2.05, 4.69) is 11.8 Å². The standard InChI is InChI=1S/C14H24N4O3/c1-2-15-3-7-17(8-4-15)13(20)11-14(21)18-9-5-16(12-19)6-10-18/h12H,2-11H2,1H3. The second-order valence-corrected chi connectivity index (χ2v) is 5.51. The topological polar surface area (TPSA) is 64.2 Å². The molecule has 2 rings (SSSR count). The molecule has 0 N–H and O–H groups in total. The molecule has 0 spiro atoms. The van der Waals surface area contributed by atoms with Crippen molar-refractivity contribution in [1.82, 2.24) is 19.6 Å². The molecule has 2 saturated heterocycles. The summed E-state index contributed by atoms with van der Waals surface area (Å²) in [7, 11) is 0. The molecule has 7 nitrogen and oxygen atoms in total. The van der Waals surface area contributed by atoms with Gasteiger partial charge in [0.25, 0.3) is 0 Å². The van der Waals surface area contributed by atoms with Gasteiger partial charge in [0.15, 0.2) is 0 Å². The largest absolute Gasteiger partial charge is 0.342 e. The van der Waals surface area contributed by atoms with E-state index in [1.54, 1.807) is 14.7 Å². The van der Waals surface area contributed by atoms with Crippen molar-refractivity contribution in [2.24, 2.45) is 0 Å². The average molecular weight is 296 g/mol. The van der Waals surface area contributed by atoms with Crippen LogP contribution >= 0.6 is 0 Å². The second-order valence-electron chi connectivity index (χ2n) is 5.51. The zero-order valence-electron chi connectivity index (χ0n) is 12.7. The number of hydrogen-bond acceptors (Lipinski definition) is 4. The Kier molecular flexibility index (Phi) is 5.55. The zero-order valence-corrected chi connectivity index (χ0v) is 12.7. The summed E-state index contributed by atoms with van der Waals surface area (Å²) in [5.74, 6) is -0.197. The summed E-state index contributed by atoms with van der Waals surface area (Å²) in [6.45, 7) is 8.45. The summed E-state index contributed by atoms with van der Waals surface area (Å²) in [6, 6.07) is 0. The monoisotopic (exact) mass is 296 g/mol. The molecule has 2 heterocycles. The van der Waals surface area contributed by atoms with Gasteiger partial charge >= 0.3 is 0 Å². The first-order chi connectivity index (χ1) is 10.1. The Bertz CT molecular complexity index is 386. The molecular formula is C14H24N4O3. The van der Waals surface area contributed by atoms with Gasteiger partial charge in [0.1, 0.15) is 6.42 Å². The van der Waals surface area contributed by atoms with Gasteiger partial charge in [0.2, 0.25) is 18.2 Å². The van der Waals surface area contributed by atoms with E-state index in [1.165, 1.54) is 0 Å². The highest BCUT2D eigenvalue weighted by Crippen LogP contribution is 2.07. The maximum Gasteiger partial charge on any atom is 0.232 e.